The Bertz CT molecular complexity index is 459. The molecule has 0 aromatic heterocycles. The van der Waals surface area contributed by atoms with E-state index in [0.29, 0.717) is 10.8 Å². The van der Waals surface area contributed by atoms with Crippen LogP contribution in [-0.2, 0) is 9.53 Å². The van der Waals surface area contributed by atoms with Gasteiger partial charge in [-0.3, -0.25) is 4.79 Å². The Labute approximate surface area is 112 Å². The summed E-state index contributed by atoms with van der Waals surface area (Å²) in [6.45, 7) is 0.0572. The first-order chi connectivity index (χ1) is 8.10. The predicted molar refractivity (Wildman–Crippen MR) is 66.4 cm³/mol. The van der Waals surface area contributed by atoms with Crippen molar-refractivity contribution < 1.29 is 14.3 Å². The van der Waals surface area contributed by atoms with Crippen molar-refractivity contribution in [3.05, 3.63) is 28.8 Å². The molecule has 0 bridgehead atoms. The van der Waals surface area contributed by atoms with Gasteiger partial charge in [0.15, 0.2) is 0 Å². The van der Waals surface area contributed by atoms with Gasteiger partial charge in [-0.15, -0.1) is 0 Å². The number of hydrogen-bond donors (Lipinski definition) is 0. The number of halogens is 2. The van der Waals surface area contributed by atoms with Crippen LogP contribution in [0.25, 0.3) is 0 Å². The second-order valence-electron chi connectivity index (χ2n) is 3.03. The zero-order valence-electron chi connectivity index (χ0n) is 8.94. The summed E-state index contributed by atoms with van der Waals surface area (Å²) < 4.78 is 9.86. The topological polar surface area (TPSA) is 59.3 Å². The summed E-state index contributed by atoms with van der Waals surface area (Å²) in [6.07, 6.45) is 0. The minimum absolute atomic E-state index is 0.0572. The number of nitriles is 1. The fraction of sp³-hybridized carbons (Fsp3) is 0.273. The normalized spacial score (nSPS) is 11.4. The smallest absolute Gasteiger partial charge is 0.322 e. The Morgan fingerprint density at radius 1 is 1.65 bits per heavy atom. The van der Waals surface area contributed by atoms with Gasteiger partial charge in [0.25, 0.3) is 0 Å². The van der Waals surface area contributed by atoms with Crippen LogP contribution in [-0.4, -0.2) is 24.5 Å². The molecule has 6 heteroatoms. The van der Waals surface area contributed by atoms with E-state index in [2.05, 4.69) is 20.7 Å². The lowest BCUT2D eigenvalue weighted by Crippen LogP contribution is -2.23. The van der Waals surface area contributed by atoms with Crippen molar-refractivity contribution in [3.8, 4) is 11.8 Å². The molecule has 0 fully saturated rings. The summed E-state index contributed by atoms with van der Waals surface area (Å²) in [5, 5.41) is 9.22. The molecule has 0 spiro atoms. The van der Waals surface area contributed by atoms with Crippen molar-refractivity contribution in [2.75, 3.05) is 13.7 Å². The van der Waals surface area contributed by atoms with E-state index < -0.39 is 10.8 Å². The van der Waals surface area contributed by atoms with E-state index in [-0.39, 0.29) is 12.2 Å². The highest BCUT2D eigenvalue weighted by atomic mass is 79.9. The molecule has 90 valence electrons. The number of carbonyl (C=O) groups is 1. The molecule has 1 unspecified atom stereocenters. The van der Waals surface area contributed by atoms with Crippen LogP contribution in [0.4, 0.5) is 0 Å². The van der Waals surface area contributed by atoms with Gasteiger partial charge in [-0.2, -0.15) is 5.26 Å². The maximum Gasteiger partial charge on any atom is 0.322 e. The summed E-state index contributed by atoms with van der Waals surface area (Å²) in [6, 6.07) is 6.82. The van der Waals surface area contributed by atoms with Crippen LogP contribution >= 0.6 is 27.5 Å². The highest BCUT2D eigenvalue weighted by Gasteiger charge is 2.17. The third-order valence-electron chi connectivity index (χ3n) is 1.93. The molecule has 0 radical (unpaired) electrons. The van der Waals surface area contributed by atoms with E-state index in [1.54, 1.807) is 18.2 Å². The van der Waals surface area contributed by atoms with Crippen molar-refractivity contribution in [2.45, 2.75) is 4.83 Å². The summed E-state index contributed by atoms with van der Waals surface area (Å²) in [7, 11) is 1.29. The third-order valence-corrected chi connectivity index (χ3v) is 2.88. The molecule has 1 aromatic carbocycles. The van der Waals surface area contributed by atoms with Crippen molar-refractivity contribution in [3.63, 3.8) is 0 Å². The first kappa shape index (κ1) is 13.8. The van der Waals surface area contributed by atoms with Gasteiger partial charge in [0.1, 0.15) is 28.8 Å². The van der Waals surface area contributed by atoms with Gasteiger partial charge in [0.2, 0.25) is 0 Å². The zero-order chi connectivity index (χ0) is 12.8. The van der Waals surface area contributed by atoms with Crippen LogP contribution in [0.2, 0.25) is 5.02 Å². The highest BCUT2D eigenvalue weighted by molar-refractivity contribution is 9.10. The second-order valence-corrected chi connectivity index (χ2v) is 4.54. The van der Waals surface area contributed by atoms with Crippen LogP contribution in [0.1, 0.15) is 5.56 Å². The molecule has 0 amide bonds. The molecular weight excluding hydrogens is 309 g/mol. The number of esters is 1. The lowest BCUT2D eigenvalue weighted by Gasteiger charge is -2.11. The van der Waals surface area contributed by atoms with Crippen molar-refractivity contribution >= 4 is 33.5 Å². The molecule has 0 aliphatic heterocycles. The number of ether oxygens (including phenoxy) is 2. The van der Waals surface area contributed by atoms with Gasteiger partial charge in [-0.05, 0) is 12.1 Å². The number of methoxy groups -OCH3 is 1. The average Bonchev–Trinajstić information content (AvgIpc) is 2.34. The SMILES string of the molecule is COC(=O)C(Br)COc1cccc(Cl)c1C#N. The van der Waals surface area contributed by atoms with Crippen molar-refractivity contribution in [1.29, 1.82) is 5.26 Å². The minimum Gasteiger partial charge on any atom is -0.490 e. The molecule has 0 aliphatic carbocycles. The van der Waals surface area contributed by atoms with Crippen molar-refractivity contribution in [2.24, 2.45) is 0 Å². The van der Waals surface area contributed by atoms with E-state index in [0.717, 1.165) is 0 Å². The van der Waals surface area contributed by atoms with Crippen molar-refractivity contribution in [1.82, 2.24) is 0 Å². The van der Waals surface area contributed by atoms with Gasteiger partial charge in [0.05, 0.1) is 12.1 Å². The molecule has 0 heterocycles. The largest absolute Gasteiger partial charge is 0.490 e. The Hall–Kier alpha value is -1.25. The molecule has 1 rings (SSSR count). The van der Waals surface area contributed by atoms with Gasteiger partial charge in [-0.25, -0.2) is 0 Å². The lowest BCUT2D eigenvalue weighted by atomic mass is 10.2. The molecule has 0 aliphatic rings. The van der Waals surface area contributed by atoms with Crippen LogP contribution in [0.3, 0.4) is 0 Å². The third kappa shape index (κ3) is 3.62. The Morgan fingerprint density at radius 2 is 2.35 bits per heavy atom. The van der Waals surface area contributed by atoms with E-state index in [1.807, 2.05) is 6.07 Å². The van der Waals surface area contributed by atoms with Gasteiger partial charge in [0, 0.05) is 0 Å². The van der Waals surface area contributed by atoms with E-state index in [9.17, 15) is 4.79 Å². The molecule has 0 saturated heterocycles. The molecule has 17 heavy (non-hydrogen) atoms. The van der Waals surface area contributed by atoms with Gasteiger partial charge in [-0.1, -0.05) is 33.6 Å². The van der Waals surface area contributed by atoms with E-state index in [1.165, 1.54) is 7.11 Å². The average molecular weight is 319 g/mol. The zero-order valence-corrected chi connectivity index (χ0v) is 11.3. The number of carbonyl (C=O) groups excluding carboxylic acids is 1. The quantitative estimate of drug-likeness (QED) is 0.632. The number of nitrogens with zero attached hydrogens (tertiary/aromatic N) is 1. The summed E-state index contributed by atoms with van der Waals surface area (Å²) >= 11 is 8.94. The van der Waals surface area contributed by atoms with Crippen LogP contribution < -0.4 is 4.74 Å². The fourth-order valence-electron chi connectivity index (χ4n) is 1.09. The molecule has 4 nitrogen and oxygen atoms in total. The maximum atomic E-state index is 11.1. The molecule has 1 atom stereocenters. The van der Waals surface area contributed by atoms with Crippen LogP contribution in [0, 0.1) is 11.3 Å². The Kier molecular flexibility index (Phi) is 5.26. The Morgan fingerprint density at radius 3 is 2.94 bits per heavy atom. The number of hydrogen-bond acceptors (Lipinski definition) is 4. The van der Waals surface area contributed by atoms with Crippen LogP contribution in [0.15, 0.2) is 18.2 Å². The minimum atomic E-state index is -0.585. The number of benzene rings is 1. The molecule has 0 N–H and O–H groups in total. The highest BCUT2D eigenvalue weighted by Crippen LogP contribution is 2.25. The molecule has 0 saturated carbocycles. The number of rotatable bonds is 4. The first-order valence-electron chi connectivity index (χ1n) is 4.63. The standard InChI is InChI=1S/C11H9BrClNO3/c1-16-11(15)8(12)6-17-10-4-2-3-9(13)7(10)5-14/h2-4,8H,6H2,1H3. The van der Waals surface area contributed by atoms with E-state index in [4.69, 9.17) is 21.6 Å². The van der Waals surface area contributed by atoms with Gasteiger partial charge < -0.3 is 9.47 Å². The Balaban J connectivity index is 2.74. The van der Waals surface area contributed by atoms with Gasteiger partial charge >= 0.3 is 5.97 Å². The summed E-state index contributed by atoms with van der Waals surface area (Å²) in [5.41, 5.74) is 0.249. The molecular formula is C11H9BrClNO3. The first-order valence-corrected chi connectivity index (χ1v) is 5.92. The molecule has 1 aromatic rings. The summed E-state index contributed by atoms with van der Waals surface area (Å²) in [4.78, 5) is 10.5. The fourth-order valence-corrected chi connectivity index (χ4v) is 1.62. The number of alkyl halides is 1. The maximum absolute atomic E-state index is 11.1. The van der Waals surface area contributed by atoms with Crippen LogP contribution in [0.5, 0.6) is 5.75 Å². The monoisotopic (exact) mass is 317 g/mol. The lowest BCUT2D eigenvalue weighted by molar-refractivity contribution is -0.140. The second kappa shape index (κ2) is 6.48. The predicted octanol–water partition coefficient (Wildman–Crippen LogP) is 2.53. The summed E-state index contributed by atoms with van der Waals surface area (Å²) in [5.74, 6) is -0.0983. The van der Waals surface area contributed by atoms with E-state index >= 15 is 0 Å².